The molecule has 0 aromatic heterocycles. The zero-order valence-corrected chi connectivity index (χ0v) is 9.50. The fourth-order valence-corrected chi connectivity index (χ4v) is 0.773. The molecule has 0 amide bonds. The molecule has 0 aromatic rings. The van der Waals surface area contributed by atoms with Gasteiger partial charge in [-0.2, -0.15) is 0 Å². The molecule has 4 heteroatoms. The summed E-state index contributed by atoms with van der Waals surface area (Å²) in [6, 6.07) is -0.499. The molecule has 0 unspecified atom stereocenters. The van der Waals surface area contributed by atoms with Crippen molar-refractivity contribution in [2.24, 2.45) is 5.73 Å². The second-order valence-corrected chi connectivity index (χ2v) is 3.90. The molecule has 0 saturated carbocycles. The van der Waals surface area contributed by atoms with Gasteiger partial charge in [-0.1, -0.05) is 6.92 Å². The predicted octanol–water partition coefficient (Wildman–Crippen LogP) is 1.08. The number of hydrogen-bond donors (Lipinski definition) is 1. The zero-order chi connectivity index (χ0) is 11.2. The average Bonchev–Trinajstić information content (AvgIpc) is 2.16. The lowest BCUT2D eigenvalue weighted by Gasteiger charge is -2.22. The van der Waals surface area contributed by atoms with Crippen LogP contribution >= 0.6 is 0 Å². The first-order valence-corrected chi connectivity index (χ1v) is 4.90. The van der Waals surface area contributed by atoms with Crippen LogP contribution in [0.2, 0.25) is 0 Å². The molecular formula is C10H21NO3. The van der Waals surface area contributed by atoms with Crippen molar-refractivity contribution >= 4 is 5.97 Å². The number of methoxy groups -OCH3 is 1. The molecule has 0 saturated heterocycles. The summed E-state index contributed by atoms with van der Waals surface area (Å²) in [6.07, 6.45) is 1.28. The van der Waals surface area contributed by atoms with Crippen LogP contribution in [0.4, 0.5) is 0 Å². The molecule has 0 heterocycles. The quantitative estimate of drug-likeness (QED) is 0.656. The summed E-state index contributed by atoms with van der Waals surface area (Å²) >= 11 is 0. The van der Waals surface area contributed by atoms with Gasteiger partial charge in [0.25, 0.3) is 0 Å². The highest BCUT2D eigenvalue weighted by atomic mass is 16.5. The van der Waals surface area contributed by atoms with E-state index in [4.69, 9.17) is 15.2 Å². The molecule has 0 bridgehead atoms. The summed E-state index contributed by atoms with van der Waals surface area (Å²) in [4.78, 5) is 11.2. The minimum absolute atomic E-state index is 0.253. The largest absolute Gasteiger partial charge is 0.464 e. The number of carbonyl (C=O) groups is 1. The maximum Gasteiger partial charge on any atom is 0.322 e. The lowest BCUT2D eigenvalue weighted by Crippen LogP contribution is -2.33. The van der Waals surface area contributed by atoms with Gasteiger partial charge in [0, 0.05) is 13.5 Å². The zero-order valence-electron chi connectivity index (χ0n) is 9.50. The van der Waals surface area contributed by atoms with Gasteiger partial charge in [0.05, 0.1) is 12.2 Å². The molecule has 0 radical (unpaired) electrons. The van der Waals surface area contributed by atoms with E-state index in [0.29, 0.717) is 19.4 Å². The molecule has 4 nitrogen and oxygen atoms in total. The van der Waals surface area contributed by atoms with E-state index in [2.05, 4.69) is 0 Å². The van der Waals surface area contributed by atoms with E-state index in [9.17, 15) is 4.79 Å². The fraction of sp³-hybridized carbons (Fsp3) is 0.900. The minimum atomic E-state index is -0.499. The number of esters is 1. The Balaban J connectivity index is 3.69. The van der Waals surface area contributed by atoms with Crippen LogP contribution < -0.4 is 5.73 Å². The number of ether oxygens (including phenoxy) is 2. The summed E-state index contributed by atoms with van der Waals surface area (Å²) in [5.74, 6) is -0.334. The highest BCUT2D eigenvalue weighted by Gasteiger charge is 2.18. The summed E-state index contributed by atoms with van der Waals surface area (Å²) in [5.41, 5.74) is 5.24. The van der Waals surface area contributed by atoms with E-state index in [1.54, 1.807) is 7.11 Å². The average molecular weight is 203 g/mol. The normalized spacial score (nSPS) is 13.8. The van der Waals surface area contributed by atoms with Crippen LogP contribution in [0.15, 0.2) is 0 Å². The monoisotopic (exact) mass is 203 g/mol. The molecule has 84 valence electrons. The Bertz CT molecular complexity index is 180. The van der Waals surface area contributed by atoms with Gasteiger partial charge in [0.2, 0.25) is 0 Å². The molecule has 0 aliphatic carbocycles. The minimum Gasteiger partial charge on any atom is -0.464 e. The molecule has 1 atom stereocenters. The van der Waals surface area contributed by atoms with E-state index in [1.807, 2.05) is 20.8 Å². The van der Waals surface area contributed by atoms with Crippen LogP contribution in [0.5, 0.6) is 0 Å². The molecule has 0 aliphatic heterocycles. The second-order valence-electron chi connectivity index (χ2n) is 3.90. The van der Waals surface area contributed by atoms with Crippen molar-refractivity contribution in [3.8, 4) is 0 Å². The van der Waals surface area contributed by atoms with Gasteiger partial charge in [-0.05, 0) is 20.3 Å². The van der Waals surface area contributed by atoms with Gasteiger partial charge in [-0.25, -0.2) is 0 Å². The Morgan fingerprint density at radius 1 is 1.50 bits per heavy atom. The Hall–Kier alpha value is -0.610. The van der Waals surface area contributed by atoms with Crippen molar-refractivity contribution in [1.29, 1.82) is 0 Å². The lowest BCUT2D eigenvalue weighted by molar-refractivity contribution is -0.146. The van der Waals surface area contributed by atoms with Gasteiger partial charge in [-0.15, -0.1) is 0 Å². The first kappa shape index (κ1) is 13.4. The Morgan fingerprint density at radius 3 is 2.50 bits per heavy atom. The van der Waals surface area contributed by atoms with Crippen LogP contribution in [0.25, 0.3) is 0 Å². The van der Waals surface area contributed by atoms with Gasteiger partial charge < -0.3 is 15.2 Å². The van der Waals surface area contributed by atoms with E-state index in [1.165, 1.54) is 0 Å². The topological polar surface area (TPSA) is 61.6 Å². The molecule has 0 fully saturated rings. The molecule has 14 heavy (non-hydrogen) atoms. The maximum absolute atomic E-state index is 11.2. The molecule has 0 spiro atoms. The molecular weight excluding hydrogens is 182 g/mol. The Kier molecular flexibility index (Phi) is 5.72. The van der Waals surface area contributed by atoms with Crippen LogP contribution in [0.3, 0.4) is 0 Å². The second kappa shape index (κ2) is 5.98. The highest BCUT2D eigenvalue weighted by molar-refractivity contribution is 5.75. The number of hydrogen-bond acceptors (Lipinski definition) is 4. The SMILES string of the molecule is CC[C@H](N)C(=O)OCCC(C)(C)OC. The standard InChI is InChI=1S/C10H21NO3/c1-5-8(11)9(12)14-7-6-10(2,3)13-4/h8H,5-7,11H2,1-4H3/t8-/m0/s1. The van der Waals surface area contributed by atoms with Gasteiger partial charge >= 0.3 is 5.97 Å². The number of nitrogens with two attached hydrogens (primary N) is 1. The van der Waals surface area contributed by atoms with E-state index >= 15 is 0 Å². The lowest BCUT2D eigenvalue weighted by atomic mass is 10.1. The van der Waals surface area contributed by atoms with Gasteiger partial charge in [0.1, 0.15) is 6.04 Å². The van der Waals surface area contributed by atoms with Crippen LogP contribution in [-0.4, -0.2) is 31.3 Å². The van der Waals surface area contributed by atoms with Crippen molar-refractivity contribution in [1.82, 2.24) is 0 Å². The first-order valence-electron chi connectivity index (χ1n) is 4.90. The maximum atomic E-state index is 11.2. The predicted molar refractivity (Wildman–Crippen MR) is 54.9 cm³/mol. The van der Waals surface area contributed by atoms with Crippen molar-refractivity contribution in [3.63, 3.8) is 0 Å². The Morgan fingerprint density at radius 2 is 2.07 bits per heavy atom. The van der Waals surface area contributed by atoms with Crippen molar-refractivity contribution in [2.75, 3.05) is 13.7 Å². The van der Waals surface area contributed by atoms with Crippen LogP contribution in [0.1, 0.15) is 33.6 Å². The fourth-order valence-electron chi connectivity index (χ4n) is 0.773. The van der Waals surface area contributed by atoms with Gasteiger partial charge in [0.15, 0.2) is 0 Å². The highest BCUT2D eigenvalue weighted by Crippen LogP contribution is 2.12. The molecule has 2 N–H and O–H groups in total. The third-order valence-corrected chi connectivity index (χ3v) is 2.24. The summed E-state index contributed by atoms with van der Waals surface area (Å²) in [5, 5.41) is 0. The van der Waals surface area contributed by atoms with Crippen LogP contribution in [0, 0.1) is 0 Å². The molecule has 0 aromatic carbocycles. The van der Waals surface area contributed by atoms with E-state index in [0.717, 1.165) is 0 Å². The van der Waals surface area contributed by atoms with E-state index < -0.39 is 6.04 Å². The van der Waals surface area contributed by atoms with Gasteiger partial charge in [-0.3, -0.25) is 4.79 Å². The summed E-state index contributed by atoms with van der Waals surface area (Å²) in [7, 11) is 1.64. The first-order chi connectivity index (χ1) is 6.43. The number of carbonyl (C=O) groups excluding carboxylic acids is 1. The Labute approximate surface area is 85.8 Å². The number of rotatable bonds is 6. The molecule has 0 aliphatic rings. The van der Waals surface area contributed by atoms with E-state index in [-0.39, 0.29) is 11.6 Å². The summed E-state index contributed by atoms with van der Waals surface area (Å²) < 4.78 is 10.2. The third kappa shape index (κ3) is 5.19. The molecule has 0 rings (SSSR count). The smallest absolute Gasteiger partial charge is 0.322 e. The van der Waals surface area contributed by atoms with Crippen molar-refractivity contribution < 1.29 is 14.3 Å². The van der Waals surface area contributed by atoms with Crippen molar-refractivity contribution in [3.05, 3.63) is 0 Å². The summed E-state index contributed by atoms with van der Waals surface area (Å²) in [6.45, 7) is 6.10. The third-order valence-electron chi connectivity index (χ3n) is 2.24. The van der Waals surface area contributed by atoms with Crippen LogP contribution in [-0.2, 0) is 14.3 Å². The van der Waals surface area contributed by atoms with Crippen molar-refractivity contribution in [2.45, 2.75) is 45.3 Å².